The molecule has 8 heteroatoms. The van der Waals surface area contributed by atoms with Gasteiger partial charge in [-0.25, -0.2) is 4.98 Å². The van der Waals surface area contributed by atoms with Crippen LogP contribution in [0.25, 0.3) is 0 Å². The van der Waals surface area contributed by atoms with Gasteiger partial charge in [0, 0.05) is 24.0 Å². The largest absolute Gasteiger partial charge is 0.398 e. The fourth-order valence-corrected chi connectivity index (χ4v) is 1.51. The highest BCUT2D eigenvalue weighted by molar-refractivity contribution is 5.99. The van der Waals surface area contributed by atoms with Crippen molar-refractivity contribution < 1.29 is 9.72 Å². The van der Waals surface area contributed by atoms with Crippen LogP contribution in [0.4, 0.5) is 11.4 Å². The number of nitrogen functional groups attached to an aromatic ring is 1. The number of nitrogens with one attached hydrogen (secondary N) is 2. The number of nitro benzene ring substituents is 1. The van der Waals surface area contributed by atoms with Gasteiger partial charge in [0.2, 0.25) is 0 Å². The highest BCUT2D eigenvalue weighted by Crippen LogP contribution is 2.19. The second-order valence-corrected chi connectivity index (χ2v) is 3.79. The van der Waals surface area contributed by atoms with Crippen LogP contribution in [-0.4, -0.2) is 20.8 Å². The summed E-state index contributed by atoms with van der Waals surface area (Å²) in [6, 6.07) is 3.74. The molecule has 1 amide bonds. The van der Waals surface area contributed by atoms with Gasteiger partial charge in [-0.05, 0) is 6.07 Å². The second kappa shape index (κ2) is 5.17. The van der Waals surface area contributed by atoms with Gasteiger partial charge in [-0.3, -0.25) is 14.9 Å². The summed E-state index contributed by atoms with van der Waals surface area (Å²) in [5.41, 5.74) is 6.44. The zero-order valence-corrected chi connectivity index (χ0v) is 9.79. The van der Waals surface area contributed by atoms with Crippen molar-refractivity contribution in [2.24, 2.45) is 0 Å². The number of carbonyl (C=O) groups is 1. The van der Waals surface area contributed by atoms with Crippen molar-refractivity contribution >= 4 is 17.3 Å². The van der Waals surface area contributed by atoms with Gasteiger partial charge in [0.25, 0.3) is 11.6 Å². The monoisotopic (exact) mass is 261 g/mol. The van der Waals surface area contributed by atoms with Crippen LogP contribution >= 0.6 is 0 Å². The number of non-ortho nitro benzene ring substituents is 1. The number of carbonyl (C=O) groups excluding carboxylic acids is 1. The van der Waals surface area contributed by atoms with Crippen molar-refractivity contribution in [3.05, 3.63) is 52.1 Å². The molecular weight excluding hydrogens is 250 g/mol. The quantitative estimate of drug-likeness (QED) is 0.426. The molecule has 0 aliphatic carbocycles. The van der Waals surface area contributed by atoms with Crippen molar-refractivity contribution in [2.75, 3.05) is 5.73 Å². The van der Waals surface area contributed by atoms with Crippen LogP contribution < -0.4 is 11.1 Å². The maximum absolute atomic E-state index is 11.9. The van der Waals surface area contributed by atoms with E-state index in [1.807, 2.05) is 0 Å². The van der Waals surface area contributed by atoms with E-state index in [1.54, 1.807) is 6.20 Å². The predicted octanol–water partition coefficient (Wildman–Crippen LogP) is 0.830. The Labute approximate surface area is 107 Å². The van der Waals surface area contributed by atoms with E-state index in [1.165, 1.54) is 18.5 Å². The van der Waals surface area contributed by atoms with E-state index in [4.69, 9.17) is 5.73 Å². The SMILES string of the molecule is Nc1ccc([N+](=O)[O-])cc1C(=O)NCc1cnc[nH]1. The van der Waals surface area contributed by atoms with Crippen LogP contribution in [0.1, 0.15) is 16.1 Å². The van der Waals surface area contributed by atoms with Crippen LogP contribution in [0.15, 0.2) is 30.7 Å². The van der Waals surface area contributed by atoms with Gasteiger partial charge in [0.15, 0.2) is 0 Å². The first-order chi connectivity index (χ1) is 9.08. The van der Waals surface area contributed by atoms with Crippen molar-refractivity contribution in [1.82, 2.24) is 15.3 Å². The van der Waals surface area contributed by atoms with E-state index >= 15 is 0 Å². The Morgan fingerprint density at radius 2 is 2.32 bits per heavy atom. The number of hydrogen-bond acceptors (Lipinski definition) is 5. The molecule has 0 radical (unpaired) electrons. The van der Waals surface area contributed by atoms with Gasteiger partial charge >= 0.3 is 0 Å². The van der Waals surface area contributed by atoms with E-state index in [-0.39, 0.29) is 23.5 Å². The molecule has 1 heterocycles. The van der Waals surface area contributed by atoms with Crippen LogP contribution in [0.2, 0.25) is 0 Å². The molecule has 19 heavy (non-hydrogen) atoms. The molecule has 0 saturated heterocycles. The molecule has 4 N–H and O–H groups in total. The lowest BCUT2D eigenvalue weighted by Gasteiger charge is -2.06. The smallest absolute Gasteiger partial charge is 0.270 e. The molecule has 0 aliphatic rings. The zero-order valence-electron chi connectivity index (χ0n) is 9.79. The summed E-state index contributed by atoms with van der Waals surface area (Å²) in [5, 5.41) is 13.2. The first-order valence-corrected chi connectivity index (χ1v) is 5.37. The molecule has 0 bridgehead atoms. The third kappa shape index (κ3) is 2.86. The van der Waals surface area contributed by atoms with E-state index in [2.05, 4.69) is 15.3 Å². The van der Waals surface area contributed by atoms with E-state index in [0.29, 0.717) is 0 Å². The number of imidazole rings is 1. The molecule has 98 valence electrons. The number of nitrogens with two attached hydrogens (primary N) is 1. The predicted molar refractivity (Wildman–Crippen MR) is 67.3 cm³/mol. The van der Waals surface area contributed by atoms with Gasteiger partial charge < -0.3 is 16.0 Å². The summed E-state index contributed by atoms with van der Waals surface area (Å²) in [7, 11) is 0. The number of anilines is 1. The summed E-state index contributed by atoms with van der Waals surface area (Å²) in [5.74, 6) is -0.476. The highest BCUT2D eigenvalue weighted by Gasteiger charge is 2.15. The number of amides is 1. The van der Waals surface area contributed by atoms with Crippen molar-refractivity contribution in [1.29, 1.82) is 0 Å². The number of H-pyrrole nitrogens is 1. The minimum Gasteiger partial charge on any atom is -0.398 e. The van der Waals surface area contributed by atoms with Crippen molar-refractivity contribution in [3.63, 3.8) is 0 Å². The standard InChI is InChI=1S/C11H11N5O3/c12-10-2-1-8(16(18)19)3-9(10)11(17)14-5-7-4-13-6-15-7/h1-4,6H,5,12H2,(H,13,15)(H,14,17). The van der Waals surface area contributed by atoms with Gasteiger partial charge in [0.1, 0.15) is 0 Å². The normalized spacial score (nSPS) is 10.1. The van der Waals surface area contributed by atoms with E-state index in [0.717, 1.165) is 11.8 Å². The summed E-state index contributed by atoms with van der Waals surface area (Å²) in [4.78, 5) is 28.6. The maximum atomic E-state index is 11.9. The number of aromatic nitrogens is 2. The van der Waals surface area contributed by atoms with Gasteiger partial charge in [-0.15, -0.1) is 0 Å². The number of benzene rings is 1. The lowest BCUT2D eigenvalue weighted by atomic mass is 10.1. The Morgan fingerprint density at radius 3 is 2.95 bits per heavy atom. The van der Waals surface area contributed by atoms with Crippen LogP contribution in [-0.2, 0) is 6.54 Å². The second-order valence-electron chi connectivity index (χ2n) is 3.79. The van der Waals surface area contributed by atoms with Crippen molar-refractivity contribution in [3.8, 4) is 0 Å². The van der Waals surface area contributed by atoms with Crippen LogP contribution in [0.3, 0.4) is 0 Å². The van der Waals surface area contributed by atoms with Crippen LogP contribution in [0.5, 0.6) is 0 Å². The molecule has 0 spiro atoms. The van der Waals surface area contributed by atoms with E-state index in [9.17, 15) is 14.9 Å². The average Bonchev–Trinajstić information content (AvgIpc) is 2.89. The molecular formula is C11H11N5O3. The van der Waals surface area contributed by atoms with Gasteiger partial charge in [-0.2, -0.15) is 0 Å². The number of nitro groups is 1. The number of rotatable bonds is 4. The lowest BCUT2D eigenvalue weighted by Crippen LogP contribution is -2.24. The third-order valence-corrected chi connectivity index (χ3v) is 2.49. The lowest BCUT2D eigenvalue weighted by molar-refractivity contribution is -0.384. The average molecular weight is 261 g/mol. The van der Waals surface area contributed by atoms with Crippen molar-refractivity contribution in [2.45, 2.75) is 6.54 Å². The Balaban J connectivity index is 2.14. The Morgan fingerprint density at radius 1 is 1.53 bits per heavy atom. The molecule has 0 atom stereocenters. The minimum atomic E-state index is -0.578. The zero-order chi connectivity index (χ0) is 13.8. The first-order valence-electron chi connectivity index (χ1n) is 5.37. The highest BCUT2D eigenvalue weighted by atomic mass is 16.6. The summed E-state index contributed by atoms with van der Waals surface area (Å²) in [6.45, 7) is 0.237. The van der Waals surface area contributed by atoms with Gasteiger partial charge in [-0.1, -0.05) is 0 Å². The fourth-order valence-electron chi connectivity index (χ4n) is 1.51. The Bertz CT molecular complexity index is 609. The molecule has 2 rings (SSSR count). The molecule has 1 aromatic heterocycles. The molecule has 1 aromatic carbocycles. The number of hydrogen-bond donors (Lipinski definition) is 3. The first kappa shape index (κ1) is 12.6. The molecule has 0 fully saturated rings. The number of nitrogens with zero attached hydrogens (tertiary/aromatic N) is 2. The third-order valence-electron chi connectivity index (χ3n) is 2.49. The molecule has 2 aromatic rings. The summed E-state index contributed by atoms with van der Waals surface area (Å²) >= 11 is 0. The van der Waals surface area contributed by atoms with E-state index < -0.39 is 10.8 Å². The Hall–Kier alpha value is -2.90. The minimum absolute atomic E-state index is 0.0775. The molecule has 0 saturated carbocycles. The molecule has 8 nitrogen and oxygen atoms in total. The Kier molecular flexibility index (Phi) is 3.42. The topological polar surface area (TPSA) is 127 Å². The fraction of sp³-hybridized carbons (Fsp3) is 0.0909. The van der Waals surface area contributed by atoms with Gasteiger partial charge in [0.05, 0.1) is 29.1 Å². The molecule has 0 aliphatic heterocycles. The maximum Gasteiger partial charge on any atom is 0.270 e. The summed E-state index contributed by atoms with van der Waals surface area (Å²) in [6.07, 6.45) is 3.06. The number of aromatic amines is 1. The summed E-state index contributed by atoms with van der Waals surface area (Å²) < 4.78 is 0. The molecule has 0 unspecified atom stereocenters. The van der Waals surface area contributed by atoms with Crippen LogP contribution in [0, 0.1) is 10.1 Å².